The largest absolute Gasteiger partial charge is 0.368 e. The van der Waals surface area contributed by atoms with E-state index in [2.05, 4.69) is 57.7 Å². The lowest BCUT2D eigenvalue weighted by Crippen LogP contribution is -2.52. The number of H-pyrrole nitrogens is 2. The number of aromatic nitrogens is 7. The van der Waals surface area contributed by atoms with Gasteiger partial charge in [0.2, 0.25) is 5.91 Å². The molecule has 0 aliphatic carbocycles. The Labute approximate surface area is 258 Å². The number of piperazine rings is 1. The number of carbonyl (C=O) groups is 2. The van der Waals surface area contributed by atoms with Crippen LogP contribution in [0.25, 0.3) is 33.8 Å². The normalized spacial score (nSPS) is 18.9. The van der Waals surface area contributed by atoms with Crippen LogP contribution in [0, 0.1) is 0 Å². The third-order valence-electron chi connectivity index (χ3n) is 8.62. The van der Waals surface area contributed by atoms with Crippen LogP contribution in [0.2, 0.25) is 0 Å². The molecule has 2 fully saturated rings. The molecule has 5 aromatic rings. The topological polar surface area (TPSA) is 161 Å². The van der Waals surface area contributed by atoms with Gasteiger partial charge in [0.1, 0.15) is 12.0 Å². The predicted octanol–water partition coefficient (Wildman–Crippen LogP) is 2.18. The number of likely N-dealkylation sites (tertiary alicyclic amines) is 1. The summed E-state index contributed by atoms with van der Waals surface area (Å²) in [6.07, 6.45) is 5.37. The van der Waals surface area contributed by atoms with E-state index >= 15 is 0 Å². The van der Waals surface area contributed by atoms with Crippen molar-refractivity contribution >= 4 is 34.1 Å². The number of hydrogen-bond donors (Lipinski definition) is 3. The quantitative estimate of drug-likeness (QED) is 0.238. The molecule has 14 heteroatoms. The van der Waals surface area contributed by atoms with Crippen LogP contribution in [0.1, 0.15) is 6.42 Å². The van der Waals surface area contributed by atoms with Crippen molar-refractivity contribution < 1.29 is 14.3 Å². The zero-order chi connectivity index (χ0) is 30.8. The monoisotopic (exact) mass is 607 g/mol. The fraction of sp³-hybridized carbons (Fsp3) is 0.323. The number of carbonyl (C=O) groups excluding carboxylic acids is 2. The molecule has 14 nitrogen and oxygen atoms in total. The van der Waals surface area contributed by atoms with Gasteiger partial charge in [-0.15, -0.1) is 0 Å². The Bertz CT molecular complexity index is 1780. The third kappa shape index (κ3) is 5.72. The van der Waals surface area contributed by atoms with Crippen molar-refractivity contribution in [3.05, 3.63) is 67.3 Å². The lowest BCUT2D eigenvalue weighted by atomic mass is 10.0. The highest BCUT2D eigenvalue weighted by molar-refractivity contribution is 6.01. The number of benzene rings is 2. The maximum Gasteiger partial charge on any atom is 0.258 e. The van der Waals surface area contributed by atoms with Crippen LogP contribution in [0.5, 0.6) is 0 Å². The van der Waals surface area contributed by atoms with E-state index in [9.17, 15) is 9.59 Å². The molecular formula is C31H33N11O3. The molecular weight excluding hydrogens is 574 g/mol. The summed E-state index contributed by atoms with van der Waals surface area (Å²) >= 11 is 0. The Hall–Kier alpha value is -5.21. The fourth-order valence-corrected chi connectivity index (χ4v) is 6.05. The highest BCUT2D eigenvalue weighted by atomic mass is 16.5. The molecule has 2 amide bonds. The summed E-state index contributed by atoms with van der Waals surface area (Å²) in [4.78, 5) is 45.8. The van der Waals surface area contributed by atoms with E-state index in [4.69, 9.17) is 4.74 Å². The zero-order valence-corrected chi connectivity index (χ0v) is 24.8. The van der Waals surface area contributed by atoms with Gasteiger partial charge in [0.15, 0.2) is 17.2 Å². The summed E-state index contributed by atoms with van der Waals surface area (Å²) in [6, 6.07) is 15.5. The van der Waals surface area contributed by atoms with E-state index in [1.165, 1.54) is 6.33 Å². The number of aromatic amines is 2. The molecule has 2 aliphatic rings. The maximum absolute atomic E-state index is 13.5. The highest BCUT2D eigenvalue weighted by Crippen LogP contribution is 2.30. The number of nitrogens with one attached hydrogen (secondary N) is 3. The first-order chi connectivity index (χ1) is 22.0. The van der Waals surface area contributed by atoms with Crippen LogP contribution in [-0.4, -0.2) is 115 Å². The Kier molecular flexibility index (Phi) is 7.65. The molecule has 0 saturated carbocycles. The summed E-state index contributed by atoms with van der Waals surface area (Å²) < 4.78 is 5.81. The number of methoxy groups -OCH3 is 1. The van der Waals surface area contributed by atoms with Gasteiger partial charge in [-0.2, -0.15) is 10.2 Å². The van der Waals surface area contributed by atoms with Crippen molar-refractivity contribution in [1.29, 1.82) is 0 Å². The molecule has 2 aromatic carbocycles. The molecule has 0 spiro atoms. The molecule has 5 heterocycles. The van der Waals surface area contributed by atoms with Gasteiger partial charge in [-0.05, 0) is 55.0 Å². The van der Waals surface area contributed by atoms with Gasteiger partial charge >= 0.3 is 0 Å². The number of amides is 2. The number of ether oxygens (including phenoxy) is 1. The van der Waals surface area contributed by atoms with Crippen LogP contribution >= 0.6 is 0 Å². The maximum atomic E-state index is 13.5. The van der Waals surface area contributed by atoms with Gasteiger partial charge in [0.05, 0.1) is 12.1 Å². The second-order valence-corrected chi connectivity index (χ2v) is 11.3. The second kappa shape index (κ2) is 12.1. The molecule has 7 rings (SSSR count). The zero-order valence-electron chi connectivity index (χ0n) is 24.8. The summed E-state index contributed by atoms with van der Waals surface area (Å²) in [5.74, 6) is 1.04. The van der Waals surface area contributed by atoms with E-state index in [0.717, 1.165) is 35.2 Å². The van der Waals surface area contributed by atoms with Gasteiger partial charge in [0.25, 0.3) is 5.91 Å². The van der Waals surface area contributed by atoms with Crippen LogP contribution in [0.3, 0.4) is 0 Å². The number of hydrogen-bond acceptors (Lipinski definition) is 10. The molecule has 0 unspecified atom stereocenters. The second-order valence-electron chi connectivity index (χ2n) is 11.3. The standard InChI is InChI=1S/C31H33N11O3/c1-45-31(30(44)36-22-5-8-25-24(17-22)27(38-37-25)29-34-20-35-39-29)9-12-40(19-31)18-26(43)42-15-13-41(14-16-42)23-6-3-21(4-7-23)28-32-10-2-11-33-28/h2-8,10-11,17,20H,9,12-16,18-19H2,1H3,(H,36,44)(H,37,38)(H,34,35,39)/t31-/m0/s1. The van der Waals surface area contributed by atoms with Crippen molar-refractivity contribution in [2.24, 2.45) is 0 Å². The van der Waals surface area contributed by atoms with Crippen LogP contribution in [0.15, 0.2) is 67.3 Å². The van der Waals surface area contributed by atoms with Gasteiger partial charge in [-0.3, -0.25) is 24.7 Å². The van der Waals surface area contributed by atoms with E-state index in [1.54, 1.807) is 25.6 Å². The summed E-state index contributed by atoms with van der Waals surface area (Å²) in [7, 11) is 1.55. The van der Waals surface area contributed by atoms with Gasteiger partial charge < -0.3 is 19.9 Å². The molecule has 3 aromatic heterocycles. The Morgan fingerprint density at radius 3 is 2.51 bits per heavy atom. The van der Waals surface area contributed by atoms with E-state index in [0.29, 0.717) is 55.6 Å². The number of nitrogens with zero attached hydrogens (tertiary/aromatic N) is 8. The fourth-order valence-electron chi connectivity index (χ4n) is 6.05. The number of fused-ring (bicyclic) bond motifs is 1. The SMILES string of the molecule is CO[C@@]1(C(=O)Nc2ccc3[nH]nc(-c4ncn[nH]4)c3c2)CCN(CC(=O)N2CCN(c3ccc(-c4ncccn4)cc3)CC2)C1. The average molecular weight is 608 g/mol. The lowest BCUT2D eigenvalue weighted by molar-refractivity contribution is -0.138. The minimum absolute atomic E-state index is 0.0592. The van der Waals surface area contributed by atoms with Crippen molar-refractivity contribution in [3.63, 3.8) is 0 Å². The Morgan fingerprint density at radius 1 is 0.978 bits per heavy atom. The van der Waals surface area contributed by atoms with E-state index < -0.39 is 5.60 Å². The molecule has 1 atom stereocenters. The van der Waals surface area contributed by atoms with Crippen molar-refractivity contribution in [3.8, 4) is 22.9 Å². The van der Waals surface area contributed by atoms with E-state index in [-0.39, 0.29) is 18.4 Å². The van der Waals surface area contributed by atoms with Crippen molar-refractivity contribution in [1.82, 2.24) is 45.1 Å². The summed E-state index contributed by atoms with van der Waals surface area (Å²) in [5.41, 5.74) is 3.05. The number of rotatable bonds is 8. The Morgan fingerprint density at radius 2 is 1.78 bits per heavy atom. The van der Waals surface area contributed by atoms with E-state index in [1.807, 2.05) is 40.1 Å². The average Bonchev–Trinajstić information content (AvgIpc) is 3.86. The molecule has 45 heavy (non-hydrogen) atoms. The molecule has 2 aliphatic heterocycles. The van der Waals surface area contributed by atoms with Gasteiger partial charge in [-0.1, -0.05) is 0 Å². The first-order valence-electron chi connectivity index (χ1n) is 14.8. The van der Waals surface area contributed by atoms with Crippen LogP contribution < -0.4 is 10.2 Å². The third-order valence-corrected chi connectivity index (χ3v) is 8.62. The summed E-state index contributed by atoms with van der Waals surface area (Å²) in [5, 5.41) is 17.8. The van der Waals surface area contributed by atoms with Crippen LogP contribution in [-0.2, 0) is 14.3 Å². The number of anilines is 2. The minimum Gasteiger partial charge on any atom is -0.368 e. The smallest absolute Gasteiger partial charge is 0.258 e. The van der Waals surface area contributed by atoms with Crippen LogP contribution in [0.4, 0.5) is 11.4 Å². The van der Waals surface area contributed by atoms with Crippen molar-refractivity contribution in [2.45, 2.75) is 12.0 Å². The van der Waals surface area contributed by atoms with Crippen molar-refractivity contribution in [2.75, 3.05) is 63.1 Å². The molecule has 3 N–H and O–H groups in total. The van der Waals surface area contributed by atoms with Gasteiger partial charge in [-0.25, -0.2) is 15.0 Å². The molecule has 230 valence electrons. The molecule has 0 bridgehead atoms. The predicted molar refractivity (Wildman–Crippen MR) is 167 cm³/mol. The highest BCUT2D eigenvalue weighted by Gasteiger charge is 2.45. The first-order valence-corrected chi connectivity index (χ1v) is 14.8. The lowest BCUT2D eigenvalue weighted by Gasteiger charge is -2.37. The first kappa shape index (κ1) is 28.6. The minimum atomic E-state index is -1.06. The molecule has 0 radical (unpaired) electrons. The molecule has 2 saturated heterocycles. The van der Waals surface area contributed by atoms with Gasteiger partial charge in [0, 0.05) is 81.1 Å². The summed E-state index contributed by atoms with van der Waals surface area (Å²) in [6.45, 7) is 3.92. The Balaban J connectivity index is 0.933.